The first-order valence-electron chi connectivity index (χ1n) is 8.54. The molecule has 0 spiro atoms. The summed E-state index contributed by atoms with van der Waals surface area (Å²) in [5.41, 5.74) is 1.93. The van der Waals surface area contributed by atoms with Gasteiger partial charge in [-0.15, -0.1) is 12.4 Å². The topological polar surface area (TPSA) is 58.2 Å². The SMILES string of the molecule is CCN[C@H](C)CNC(=O)CCC(=O)c1ccc(CC(C)C)cc1.Cl. The summed E-state index contributed by atoms with van der Waals surface area (Å²) in [7, 11) is 0. The third-order valence-electron chi connectivity index (χ3n) is 3.66. The van der Waals surface area contributed by atoms with Crippen LogP contribution in [-0.4, -0.2) is 30.8 Å². The second-order valence-corrected chi connectivity index (χ2v) is 6.48. The van der Waals surface area contributed by atoms with Crippen molar-refractivity contribution in [1.29, 1.82) is 0 Å². The second kappa shape index (κ2) is 12.0. The monoisotopic (exact) mass is 354 g/mol. The van der Waals surface area contributed by atoms with Gasteiger partial charge in [-0.25, -0.2) is 0 Å². The lowest BCUT2D eigenvalue weighted by Crippen LogP contribution is -2.38. The maximum absolute atomic E-state index is 12.1. The Balaban J connectivity index is 0.00000529. The molecule has 5 heteroatoms. The summed E-state index contributed by atoms with van der Waals surface area (Å²) in [6.45, 7) is 9.87. The fraction of sp³-hybridized carbons (Fsp3) is 0.579. The van der Waals surface area contributed by atoms with E-state index in [-0.39, 0.29) is 43.0 Å². The third kappa shape index (κ3) is 9.04. The molecule has 1 atom stereocenters. The van der Waals surface area contributed by atoms with Crippen LogP contribution in [-0.2, 0) is 11.2 Å². The van der Waals surface area contributed by atoms with Crippen molar-refractivity contribution in [3.8, 4) is 0 Å². The van der Waals surface area contributed by atoms with Crippen molar-refractivity contribution < 1.29 is 9.59 Å². The first-order valence-corrected chi connectivity index (χ1v) is 8.54. The molecule has 4 nitrogen and oxygen atoms in total. The zero-order valence-corrected chi connectivity index (χ0v) is 16.0. The van der Waals surface area contributed by atoms with E-state index in [0.717, 1.165) is 13.0 Å². The van der Waals surface area contributed by atoms with E-state index in [1.54, 1.807) is 0 Å². The number of rotatable bonds is 10. The molecule has 1 aromatic rings. The van der Waals surface area contributed by atoms with Crippen molar-refractivity contribution in [2.75, 3.05) is 13.1 Å². The van der Waals surface area contributed by atoms with Crippen LogP contribution in [0.25, 0.3) is 0 Å². The Morgan fingerprint density at radius 3 is 2.21 bits per heavy atom. The molecular weight excluding hydrogens is 324 g/mol. The van der Waals surface area contributed by atoms with Crippen LogP contribution in [0.2, 0.25) is 0 Å². The van der Waals surface area contributed by atoms with Crippen molar-refractivity contribution in [2.45, 2.75) is 53.0 Å². The molecule has 0 saturated heterocycles. The summed E-state index contributed by atoms with van der Waals surface area (Å²) in [6.07, 6.45) is 1.51. The van der Waals surface area contributed by atoms with Gasteiger partial charge in [0.05, 0.1) is 0 Å². The summed E-state index contributed by atoms with van der Waals surface area (Å²) in [4.78, 5) is 23.9. The first-order chi connectivity index (χ1) is 10.9. The van der Waals surface area contributed by atoms with Gasteiger partial charge in [0.15, 0.2) is 5.78 Å². The first kappa shape index (κ1) is 22.6. The van der Waals surface area contributed by atoms with Gasteiger partial charge in [0.1, 0.15) is 0 Å². The minimum absolute atomic E-state index is 0. The van der Waals surface area contributed by atoms with Crippen LogP contribution in [0.5, 0.6) is 0 Å². The molecule has 0 aromatic heterocycles. The van der Waals surface area contributed by atoms with Gasteiger partial charge >= 0.3 is 0 Å². The molecule has 0 bridgehead atoms. The fourth-order valence-electron chi connectivity index (χ4n) is 2.45. The Hall–Kier alpha value is -1.39. The molecule has 2 N–H and O–H groups in total. The van der Waals surface area contributed by atoms with E-state index in [1.807, 2.05) is 38.1 Å². The van der Waals surface area contributed by atoms with Gasteiger partial charge in [0.25, 0.3) is 0 Å². The molecule has 0 fully saturated rings. The number of benzene rings is 1. The normalized spacial score (nSPS) is 11.7. The Bertz CT molecular complexity index is 501. The molecule has 0 radical (unpaired) electrons. The average Bonchev–Trinajstić information content (AvgIpc) is 2.51. The molecular formula is C19H31ClN2O2. The van der Waals surface area contributed by atoms with Crippen LogP contribution >= 0.6 is 12.4 Å². The van der Waals surface area contributed by atoms with Gasteiger partial charge in [-0.05, 0) is 31.4 Å². The van der Waals surface area contributed by atoms with Crippen molar-refractivity contribution >= 4 is 24.1 Å². The summed E-state index contributed by atoms with van der Waals surface area (Å²) in [5, 5.41) is 6.08. The smallest absolute Gasteiger partial charge is 0.220 e. The summed E-state index contributed by atoms with van der Waals surface area (Å²) in [5.74, 6) is 0.556. The van der Waals surface area contributed by atoms with Crippen molar-refractivity contribution in [3.63, 3.8) is 0 Å². The van der Waals surface area contributed by atoms with E-state index in [1.165, 1.54) is 5.56 Å². The molecule has 1 amide bonds. The molecule has 0 aliphatic heterocycles. The predicted molar refractivity (Wildman–Crippen MR) is 102 cm³/mol. The van der Waals surface area contributed by atoms with Gasteiger partial charge in [-0.2, -0.15) is 0 Å². The number of halogens is 1. The van der Waals surface area contributed by atoms with E-state index >= 15 is 0 Å². The summed E-state index contributed by atoms with van der Waals surface area (Å²) in [6, 6.07) is 7.99. The van der Waals surface area contributed by atoms with E-state index in [9.17, 15) is 9.59 Å². The number of amides is 1. The van der Waals surface area contributed by atoms with E-state index in [0.29, 0.717) is 18.0 Å². The van der Waals surface area contributed by atoms with E-state index < -0.39 is 0 Å². The lowest BCUT2D eigenvalue weighted by Gasteiger charge is -2.13. The number of carbonyl (C=O) groups excluding carboxylic acids is 2. The number of carbonyl (C=O) groups is 2. The van der Waals surface area contributed by atoms with E-state index in [2.05, 4.69) is 24.5 Å². The molecule has 1 aromatic carbocycles. The van der Waals surface area contributed by atoms with Crippen molar-refractivity contribution in [2.24, 2.45) is 5.92 Å². The molecule has 0 heterocycles. The number of ketones is 1. The van der Waals surface area contributed by atoms with Gasteiger partial charge < -0.3 is 10.6 Å². The van der Waals surface area contributed by atoms with Crippen molar-refractivity contribution in [3.05, 3.63) is 35.4 Å². The van der Waals surface area contributed by atoms with Crippen LogP contribution in [0.4, 0.5) is 0 Å². The van der Waals surface area contributed by atoms with Crippen LogP contribution in [0.1, 0.15) is 56.5 Å². The third-order valence-corrected chi connectivity index (χ3v) is 3.66. The maximum Gasteiger partial charge on any atom is 0.220 e. The zero-order valence-electron chi connectivity index (χ0n) is 15.2. The Labute approximate surface area is 152 Å². The largest absolute Gasteiger partial charge is 0.355 e. The second-order valence-electron chi connectivity index (χ2n) is 6.48. The molecule has 24 heavy (non-hydrogen) atoms. The molecule has 1 rings (SSSR count). The Morgan fingerprint density at radius 1 is 1.04 bits per heavy atom. The molecule has 0 aliphatic carbocycles. The van der Waals surface area contributed by atoms with Gasteiger partial charge in [-0.1, -0.05) is 45.0 Å². The zero-order chi connectivity index (χ0) is 17.2. The van der Waals surface area contributed by atoms with Gasteiger partial charge in [0, 0.05) is 31.0 Å². The quantitative estimate of drug-likeness (QED) is 0.633. The van der Waals surface area contributed by atoms with Crippen LogP contribution in [0.3, 0.4) is 0 Å². The van der Waals surface area contributed by atoms with E-state index in [4.69, 9.17) is 0 Å². The highest BCUT2D eigenvalue weighted by molar-refractivity contribution is 5.97. The average molecular weight is 355 g/mol. The molecule has 0 aliphatic rings. The van der Waals surface area contributed by atoms with Gasteiger partial charge in [-0.3, -0.25) is 9.59 Å². The Kier molecular flexibility index (Phi) is 11.3. The number of hydrogen-bond acceptors (Lipinski definition) is 3. The highest BCUT2D eigenvalue weighted by Crippen LogP contribution is 2.11. The van der Waals surface area contributed by atoms with Crippen LogP contribution in [0, 0.1) is 5.92 Å². The molecule has 136 valence electrons. The lowest BCUT2D eigenvalue weighted by atomic mass is 9.99. The standard InChI is InChI=1S/C19H30N2O2.ClH/c1-5-20-15(4)13-21-19(23)11-10-18(22)17-8-6-16(7-9-17)12-14(2)3;/h6-9,14-15,20H,5,10-13H2,1-4H3,(H,21,23);1H/t15-;/m1./s1. The Morgan fingerprint density at radius 2 is 1.67 bits per heavy atom. The number of hydrogen-bond donors (Lipinski definition) is 2. The lowest BCUT2D eigenvalue weighted by molar-refractivity contribution is -0.121. The van der Waals surface area contributed by atoms with Crippen LogP contribution in [0.15, 0.2) is 24.3 Å². The predicted octanol–water partition coefficient (Wildman–Crippen LogP) is 3.38. The minimum Gasteiger partial charge on any atom is -0.355 e. The van der Waals surface area contributed by atoms with Crippen molar-refractivity contribution in [1.82, 2.24) is 10.6 Å². The fourth-order valence-corrected chi connectivity index (χ4v) is 2.45. The summed E-state index contributed by atoms with van der Waals surface area (Å²) >= 11 is 0. The minimum atomic E-state index is -0.0699. The number of Topliss-reactive ketones (excluding diaryl/α,β-unsaturated/α-hetero) is 1. The maximum atomic E-state index is 12.1. The highest BCUT2D eigenvalue weighted by atomic mass is 35.5. The van der Waals surface area contributed by atoms with Gasteiger partial charge in [0.2, 0.25) is 5.91 Å². The van der Waals surface area contributed by atoms with Crippen LogP contribution < -0.4 is 10.6 Å². The summed E-state index contributed by atoms with van der Waals surface area (Å²) < 4.78 is 0. The molecule has 0 saturated carbocycles. The number of nitrogens with one attached hydrogen (secondary N) is 2. The molecule has 0 unspecified atom stereocenters. The highest BCUT2D eigenvalue weighted by Gasteiger charge is 2.10. The number of likely N-dealkylation sites (N-methyl/N-ethyl adjacent to an activating group) is 1.